The Hall–Kier alpha value is 2.06. The van der Waals surface area contributed by atoms with E-state index in [2.05, 4.69) is 25.5 Å². The summed E-state index contributed by atoms with van der Waals surface area (Å²) in [7, 11) is 1.66. The molecule has 0 saturated carbocycles. The second-order valence-electron chi connectivity index (χ2n) is 2.61. The van der Waals surface area contributed by atoms with Crippen LogP contribution in [0.1, 0.15) is 56.9 Å². The maximum absolute atomic E-state index is 4.67. The average molecular weight is 654 g/mol. The molecule has 0 saturated heterocycles. The Labute approximate surface area is 141 Å². The SMILES string of the molecule is C.C.C.CO[C-](C)C.C[C-](C)C.[U].[U]. The molecule has 0 radical (unpaired) electrons. The summed E-state index contributed by atoms with van der Waals surface area (Å²) in [6, 6.07) is 0. The Morgan fingerprint density at radius 1 is 0.714 bits per heavy atom. The van der Waals surface area contributed by atoms with E-state index in [1.54, 1.807) is 7.11 Å². The van der Waals surface area contributed by atoms with Gasteiger partial charge >= 0.3 is 0 Å². The molecule has 0 aromatic rings. The molecule has 0 heterocycles. The third-order valence-corrected chi connectivity index (χ3v) is 0.408. The Balaban J connectivity index is -0.0000000104. The van der Waals surface area contributed by atoms with Crippen LogP contribution in [-0.4, -0.2) is 7.11 Å². The van der Waals surface area contributed by atoms with Crippen molar-refractivity contribution in [2.45, 2.75) is 56.9 Å². The van der Waals surface area contributed by atoms with Crippen LogP contribution in [0, 0.1) is 74.2 Å². The van der Waals surface area contributed by atoms with Crippen molar-refractivity contribution in [3.8, 4) is 0 Å². The molecule has 0 aliphatic rings. The molecule has 0 amide bonds. The molecule has 0 rings (SSSR count). The molecule has 0 aliphatic carbocycles. The van der Waals surface area contributed by atoms with Gasteiger partial charge in [0, 0.05) is 62.2 Å². The molecule has 14 heavy (non-hydrogen) atoms. The van der Waals surface area contributed by atoms with E-state index >= 15 is 0 Å². The molecule has 3 heteroatoms. The molecule has 0 aliphatic heterocycles. The maximum atomic E-state index is 4.67. The van der Waals surface area contributed by atoms with Crippen LogP contribution >= 0.6 is 0 Å². The fourth-order valence-corrected chi connectivity index (χ4v) is 0. The molecule has 0 atom stereocenters. The molecule has 0 aromatic heterocycles. The largest absolute Gasteiger partial charge is 0.552 e. The Kier molecular flexibility index (Phi) is 115. The fraction of sp³-hybridized carbons (Fsp3) is 0.818. The van der Waals surface area contributed by atoms with E-state index in [9.17, 15) is 0 Å². The molecule has 0 spiro atoms. The Bertz CT molecular complexity index is 45.8. The van der Waals surface area contributed by atoms with E-state index in [0.29, 0.717) is 0 Å². The molecule has 1 nitrogen and oxygen atoms in total. The van der Waals surface area contributed by atoms with E-state index < -0.39 is 0 Å². The molecule has 90 valence electrons. The molecule has 0 unspecified atom stereocenters. The first-order chi connectivity index (χ1) is 4.00. The van der Waals surface area contributed by atoms with Crippen molar-refractivity contribution in [3.63, 3.8) is 0 Å². The topological polar surface area (TPSA) is 9.23 Å². The van der Waals surface area contributed by atoms with E-state index in [0.717, 1.165) is 6.10 Å². The first-order valence-corrected chi connectivity index (χ1v) is 3.11. The number of rotatable bonds is 1. The van der Waals surface area contributed by atoms with Crippen molar-refractivity contribution in [3.05, 3.63) is 12.0 Å². The van der Waals surface area contributed by atoms with Gasteiger partial charge in [0.2, 0.25) is 0 Å². The first kappa shape index (κ1) is 44.4. The van der Waals surface area contributed by atoms with Gasteiger partial charge in [-0.1, -0.05) is 22.3 Å². The average Bonchev–Trinajstić information content (AvgIpc) is 1.65. The van der Waals surface area contributed by atoms with E-state index in [1.807, 2.05) is 13.8 Å². The monoisotopic (exact) mass is 654 g/mol. The first-order valence-electron chi connectivity index (χ1n) is 3.11. The summed E-state index contributed by atoms with van der Waals surface area (Å²) < 4.78 is 4.67. The summed E-state index contributed by atoms with van der Waals surface area (Å²) in [4.78, 5) is 0. The van der Waals surface area contributed by atoms with Crippen LogP contribution in [0.25, 0.3) is 0 Å². The summed E-state index contributed by atoms with van der Waals surface area (Å²) in [5.41, 5.74) is 0. The van der Waals surface area contributed by atoms with E-state index in [4.69, 9.17) is 0 Å². The van der Waals surface area contributed by atoms with Crippen molar-refractivity contribution < 1.29 is 67.0 Å². The molecular formula is C11H30OU2-2. The zero-order valence-electron chi connectivity index (χ0n) is 8.41. The van der Waals surface area contributed by atoms with Gasteiger partial charge in [-0.05, 0) is 7.11 Å². The van der Waals surface area contributed by atoms with Gasteiger partial charge in [-0.15, -0.1) is 0 Å². The van der Waals surface area contributed by atoms with Gasteiger partial charge in [-0.3, -0.25) is 0 Å². The second-order valence-corrected chi connectivity index (χ2v) is 2.61. The number of hydrogen-bond donors (Lipinski definition) is 0. The number of methoxy groups -OCH3 is 1. The number of hydrogen-bond acceptors (Lipinski definition) is 1. The molecule has 0 bridgehead atoms. The van der Waals surface area contributed by atoms with Crippen LogP contribution in [0.3, 0.4) is 0 Å². The van der Waals surface area contributed by atoms with Crippen LogP contribution in [0.4, 0.5) is 0 Å². The molecule has 0 aromatic carbocycles. The summed E-state index contributed by atoms with van der Waals surface area (Å²) in [6.07, 6.45) is 1.00. The van der Waals surface area contributed by atoms with Gasteiger partial charge in [0.15, 0.2) is 0 Å². The van der Waals surface area contributed by atoms with Gasteiger partial charge in [-0.25, -0.2) is 6.10 Å². The summed E-state index contributed by atoms with van der Waals surface area (Å²) in [6.45, 7) is 10.1. The second kappa shape index (κ2) is 36.3. The van der Waals surface area contributed by atoms with Crippen molar-refractivity contribution in [2.24, 2.45) is 0 Å². The Morgan fingerprint density at radius 2 is 0.786 bits per heavy atom. The minimum atomic E-state index is 0. The molecule has 0 fully saturated rings. The van der Waals surface area contributed by atoms with Crippen molar-refractivity contribution in [1.29, 1.82) is 0 Å². The van der Waals surface area contributed by atoms with Crippen LogP contribution < -0.4 is 0 Å². The number of ether oxygens (including phenoxy) is 1. The zero-order chi connectivity index (χ0) is 7.86. The van der Waals surface area contributed by atoms with Crippen LogP contribution in [0.15, 0.2) is 0 Å². The third-order valence-electron chi connectivity index (χ3n) is 0.408. The van der Waals surface area contributed by atoms with Crippen molar-refractivity contribution in [2.75, 3.05) is 7.11 Å². The van der Waals surface area contributed by atoms with Gasteiger partial charge < -0.3 is 10.7 Å². The van der Waals surface area contributed by atoms with Gasteiger partial charge in [0.05, 0.1) is 0 Å². The standard InChI is InChI=1S/C4H9O.C4H9.3CH4.2U/c1-4(2)5-3;1-4(2)3;;;;;/h1-3H3;1-3H3;3*1H4;;/q2*-1;;;;;. The zero-order valence-corrected chi connectivity index (χ0v) is 16.7. The molecular weight excluding hydrogens is 624 g/mol. The minimum Gasteiger partial charge on any atom is -0.552 e. The molecule has 0 N–H and O–H groups in total. The maximum Gasteiger partial charge on any atom is 0 e. The van der Waals surface area contributed by atoms with Crippen LogP contribution in [-0.2, 0) is 4.74 Å². The van der Waals surface area contributed by atoms with Crippen molar-refractivity contribution >= 4 is 0 Å². The fourth-order valence-electron chi connectivity index (χ4n) is 0. The third kappa shape index (κ3) is 145. The summed E-state index contributed by atoms with van der Waals surface area (Å²) in [5, 5.41) is 0. The summed E-state index contributed by atoms with van der Waals surface area (Å²) >= 11 is 0. The quantitative estimate of drug-likeness (QED) is 0.372. The smallest absolute Gasteiger partial charge is 0 e. The normalized spacial score (nSPS) is 6.00. The van der Waals surface area contributed by atoms with Crippen molar-refractivity contribution in [1.82, 2.24) is 0 Å². The summed E-state index contributed by atoms with van der Waals surface area (Å²) in [5.74, 6) is 1.42. The Morgan fingerprint density at radius 3 is 0.786 bits per heavy atom. The van der Waals surface area contributed by atoms with Gasteiger partial charge in [-0.2, -0.15) is 34.6 Å². The van der Waals surface area contributed by atoms with Gasteiger partial charge in [0.1, 0.15) is 0 Å². The van der Waals surface area contributed by atoms with Gasteiger partial charge in [0.25, 0.3) is 0 Å². The van der Waals surface area contributed by atoms with E-state index in [-0.39, 0.29) is 84.5 Å². The van der Waals surface area contributed by atoms with E-state index in [1.165, 1.54) is 5.92 Å². The minimum absolute atomic E-state index is 0. The van der Waals surface area contributed by atoms with Crippen LogP contribution in [0.2, 0.25) is 0 Å². The predicted octanol–water partition coefficient (Wildman–Crippen LogP) is 4.73. The van der Waals surface area contributed by atoms with Crippen LogP contribution in [0.5, 0.6) is 0 Å². The predicted molar refractivity (Wildman–Crippen MR) is 62.1 cm³/mol.